The number of rotatable bonds is 4. The lowest BCUT2D eigenvalue weighted by atomic mass is 10.1. The molecular formula is C23H21N5OS. The number of anilines is 2. The average Bonchev–Trinajstić information content (AvgIpc) is 3.06. The van der Waals surface area contributed by atoms with Crippen molar-refractivity contribution < 1.29 is 4.79 Å². The van der Waals surface area contributed by atoms with Gasteiger partial charge in [0, 0.05) is 11.1 Å². The van der Waals surface area contributed by atoms with E-state index in [0.29, 0.717) is 16.3 Å². The van der Waals surface area contributed by atoms with Crippen LogP contribution in [-0.4, -0.2) is 10.9 Å². The summed E-state index contributed by atoms with van der Waals surface area (Å²) in [4.78, 5) is 18.6. The van der Waals surface area contributed by atoms with Crippen molar-refractivity contribution in [1.29, 1.82) is 0 Å². The molecule has 0 fully saturated rings. The minimum absolute atomic E-state index is 0.246. The molecule has 0 aliphatic heterocycles. The van der Waals surface area contributed by atoms with E-state index in [-0.39, 0.29) is 5.91 Å². The fourth-order valence-electron chi connectivity index (χ4n) is 3.21. The van der Waals surface area contributed by atoms with Gasteiger partial charge in [-0.25, -0.2) is 4.98 Å². The number of pyridine rings is 1. The minimum atomic E-state index is -0.246. The quantitative estimate of drug-likeness (QED) is 0.374. The van der Waals surface area contributed by atoms with E-state index in [1.54, 1.807) is 0 Å². The Labute approximate surface area is 178 Å². The molecule has 0 bridgehead atoms. The monoisotopic (exact) mass is 415 g/mol. The fraction of sp³-hybridized carbons (Fsp3) is 0.130. The lowest BCUT2D eigenvalue weighted by Crippen LogP contribution is -2.11. The zero-order valence-corrected chi connectivity index (χ0v) is 17.7. The van der Waals surface area contributed by atoms with Crippen LogP contribution in [0, 0.1) is 20.8 Å². The molecule has 1 amide bonds. The summed E-state index contributed by atoms with van der Waals surface area (Å²) >= 11 is 1.29. The molecule has 0 saturated heterocycles. The number of thiophene rings is 1. The fourth-order valence-corrected chi connectivity index (χ4v) is 4.31. The largest absolute Gasteiger partial charge is 0.397 e. The van der Waals surface area contributed by atoms with E-state index in [0.717, 1.165) is 38.4 Å². The second-order valence-electron chi connectivity index (χ2n) is 7.05. The Hall–Kier alpha value is -3.58. The molecule has 0 aliphatic carbocycles. The molecular weight excluding hydrogens is 394 g/mol. The van der Waals surface area contributed by atoms with E-state index in [4.69, 9.17) is 5.73 Å². The number of hydrogen-bond acceptors (Lipinski definition) is 6. The Kier molecular flexibility index (Phi) is 5.29. The van der Waals surface area contributed by atoms with Crippen molar-refractivity contribution in [1.82, 2.24) is 4.98 Å². The smallest absolute Gasteiger partial charge is 0.267 e. The number of nitrogens with zero attached hydrogens (tertiary/aromatic N) is 3. The summed E-state index contributed by atoms with van der Waals surface area (Å²) < 4.78 is 0. The summed E-state index contributed by atoms with van der Waals surface area (Å²) in [5.74, 6) is -0.246. The van der Waals surface area contributed by atoms with E-state index in [1.807, 2.05) is 75.4 Å². The standard InChI is InChI=1S/C23H21N5OS/c1-13-9-11-16(12-10-13)26-22(29)21-19(24)18-14(2)20(15(3)25-23(18)30-21)28-27-17-7-5-4-6-8-17/h4-12H,24H2,1-3H3,(H,26,29). The zero-order chi connectivity index (χ0) is 21.3. The molecule has 0 aliphatic rings. The van der Waals surface area contributed by atoms with E-state index in [2.05, 4.69) is 20.5 Å². The molecule has 7 heteroatoms. The minimum Gasteiger partial charge on any atom is -0.397 e. The number of nitrogen functional groups attached to an aromatic ring is 1. The molecule has 0 unspecified atom stereocenters. The topological polar surface area (TPSA) is 92.7 Å². The zero-order valence-electron chi connectivity index (χ0n) is 16.9. The van der Waals surface area contributed by atoms with E-state index in [1.165, 1.54) is 11.3 Å². The number of azo groups is 1. The number of aryl methyl sites for hydroxylation is 3. The van der Waals surface area contributed by atoms with Crippen LogP contribution in [0.15, 0.2) is 64.8 Å². The Morgan fingerprint density at radius 3 is 2.40 bits per heavy atom. The summed E-state index contributed by atoms with van der Waals surface area (Å²) in [5.41, 5.74) is 11.7. The van der Waals surface area contributed by atoms with Crippen LogP contribution in [0.1, 0.15) is 26.5 Å². The first-order valence-electron chi connectivity index (χ1n) is 9.48. The van der Waals surface area contributed by atoms with Crippen LogP contribution >= 0.6 is 11.3 Å². The van der Waals surface area contributed by atoms with Crippen molar-refractivity contribution in [3.8, 4) is 0 Å². The number of amides is 1. The number of nitrogens with two attached hydrogens (primary N) is 1. The molecule has 30 heavy (non-hydrogen) atoms. The molecule has 4 aromatic rings. The molecule has 2 heterocycles. The van der Waals surface area contributed by atoms with Crippen molar-refractivity contribution >= 4 is 50.2 Å². The van der Waals surface area contributed by atoms with Crippen molar-refractivity contribution in [2.75, 3.05) is 11.1 Å². The lowest BCUT2D eigenvalue weighted by molar-refractivity contribution is 0.103. The molecule has 6 nitrogen and oxygen atoms in total. The highest BCUT2D eigenvalue weighted by Gasteiger charge is 2.21. The van der Waals surface area contributed by atoms with Gasteiger partial charge in [-0.1, -0.05) is 35.9 Å². The summed E-state index contributed by atoms with van der Waals surface area (Å²) in [6.07, 6.45) is 0. The van der Waals surface area contributed by atoms with Crippen LogP contribution < -0.4 is 11.1 Å². The van der Waals surface area contributed by atoms with Crippen LogP contribution in [0.3, 0.4) is 0 Å². The van der Waals surface area contributed by atoms with Gasteiger partial charge < -0.3 is 11.1 Å². The van der Waals surface area contributed by atoms with Crippen LogP contribution in [-0.2, 0) is 0 Å². The highest BCUT2D eigenvalue weighted by Crippen LogP contribution is 2.40. The van der Waals surface area contributed by atoms with Crippen LogP contribution in [0.2, 0.25) is 0 Å². The summed E-state index contributed by atoms with van der Waals surface area (Å²) in [6, 6.07) is 17.1. The Morgan fingerprint density at radius 2 is 1.70 bits per heavy atom. The van der Waals surface area contributed by atoms with Crippen LogP contribution in [0.4, 0.5) is 22.7 Å². The molecule has 0 saturated carbocycles. The first-order valence-corrected chi connectivity index (χ1v) is 10.3. The number of aromatic nitrogens is 1. The van der Waals surface area contributed by atoms with Crippen molar-refractivity contribution in [2.24, 2.45) is 10.2 Å². The van der Waals surface area contributed by atoms with Crippen molar-refractivity contribution in [3.05, 3.63) is 76.3 Å². The van der Waals surface area contributed by atoms with Gasteiger partial charge in [-0.15, -0.1) is 16.5 Å². The third kappa shape index (κ3) is 3.79. The normalized spacial score (nSPS) is 11.3. The molecule has 0 radical (unpaired) electrons. The number of nitrogens with one attached hydrogen (secondary N) is 1. The van der Waals surface area contributed by atoms with E-state index in [9.17, 15) is 4.79 Å². The second kappa shape index (κ2) is 8.04. The first-order chi connectivity index (χ1) is 14.4. The van der Waals surface area contributed by atoms with Gasteiger partial charge in [0.1, 0.15) is 15.4 Å². The number of carbonyl (C=O) groups excluding carboxylic acids is 1. The highest BCUT2D eigenvalue weighted by molar-refractivity contribution is 7.21. The van der Waals surface area contributed by atoms with Gasteiger partial charge in [-0.3, -0.25) is 4.79 Å². The van der Waals surface area contributed by atoms with Crippen LogP contribution in [0.5, 0.6) is 0 Å². The number of carbonyl (C=O) groups is 1. The molecule has 150 valence electrons. The molecule has 2 aromatic heterocycles. The van der Waals surface area contributed by atoms with Gasteiger partial charge >= 0.3 is 0 Å². The molecule has 0 spiro atoms. The van der Waals surface area contributed by atoms with Gasteiger partial charge in [-0.2, -0.15) is 5.11 Å². The Bertz CT molecular complexity index is 1260. The highest BCUT2D eigenvalue weighted by atomic mass is 32.1. The maximum Gasteiger partial charge on any atom is 0.267 e. The number of fused-ring (bicyclic) bond motifs is 1. The third-order valence-corrected chi connectivity index (χ3v) is 5.90. The van der Waals surface area contributed by atoms with Crippen molar-refractivity contribution in [3.63, 3.8) is 0 Å². The van der Waals surface area contributed by atoms with Gasteiger partial charge in [0.15, 0.2) is 0 Å². The van der Waals surface area contributed by atoms with Gasteiger partial charge in [0.05, 0.1) is 17.1 Å². The van der Waals surface area contributed by atoms with Crippen LogP contribution in [0.25, 0.3) is 10.2 Å². The second-order valence-corrected chi connectivity index (χ2v) is 8.05. The predicted octanol–water partition coefficient (Wildman–Crippen LogP) is 6.47. The molecule has 0 atom stereocenters. The van der Waals surface area contributed by atoms with Gasteiger partial charge in [-0.05, 0) is 50.6 Å². The maximum atomic E-state index is 12.8. The van der Waals surface area contributed by atoms with E-state index >= 15 is 0 Å². The summed E-state index contributed by atoms with van der Waals surface area (Å²) in [7, 11) is 0. The van der Waals surface area contributed by atoms with E-state index < -0.39 is 0 Å². The Balaban J connectivity index is 1.71. The molecule has 3 N–H and O–H groups in total. The summed E-state index contributed by atoms with van der Waals surface area (Å²) in [5, 5.41) is 12.4. The van der Waals surface area contributed by atoms with Gasteiger partial charge in [0.2, 0.25) is 0 Å². The average molecular weight is 416 g/mol. The summed E-state index contributed by atoms with van der Waals surface area (Å²) in [6.45, 7) is 5.81. The molecule has 2 aromatic carbocycles. The third-order valence-electron chi connectivity index (χ3n) is 4.81. The SMILES string of the molecule is Cc1ccc(NC(=O)c2sc3nc(C)c(N=Nc4ccccc4)c(C)c3c2N)cc1. The lowest BCUT2D eigenvalue weighted by Gasteiger charge is -2.06. The van der Waals surface area contributed by atoms with Crippen molar-refractivity contribution in [2.45, 2.75) is 20.8 Å². The molecule has 4 rings (SSSR count). The number of benzene rings is 2. The number of hydrogen-bond donors (Lipinski definition) is 2. The first kappa shape index (κ1) is 19.7. The van der Waals surface area contributed by atoms with Gasteiger partial charge in [0.25, 0.3) is 5.91 Å². The maximum absolute atomic E-state index is 12.8. The predicted molar refractivity (Wildman–Crippen MR) is 123 cm³/mol. The Morgan fingerprint density at radius 1 is 1.00 bits per heavy atom.